The number of hydrogen-bond donors (Lipinski definition) is 2. The van der Waals surface area contributed by atoms with E-state index >= 15 is 0 Å². The zero-order valence-corrected chi connectivity index (χ0v) is 10.8. The van der Waals surface area contributed by atoms with E-state index in [0.29, 0.717) is 0 Å². The van der Waals surface area contributed by atoms with Crippen molar-refractivity contribution in [2.75, 3.05) is 26.4 Å². The Bertz CT molecular complexity index is 201. The van der Waals surface area contributed by atoms with Crippen molar-refractivity contribution in [2.45, 2.75) is 38.5 Å². The number of ether oxygens (including phenoxy) is 2. The minimum absolute atomic E-state index is 1.00. The summed E-state index contributed by atoms with van der Waals surface area (Å²) in [4.78, 5) is 0. The predicted molar refractivity (Wildman–Crippen MR) is 63.5 cm³/mol. The fraction of sp³-hybridized carbons (Fsp3) is 1.00. The standard InChI is InChI=1S/2C5H10O.H2O4S/c2*1-2-4-6-5-3-1;1-5(2,3)4/h2*1-5H2;(H2,1,2,3,4). The van der Waals surface area contributed by atoms with Crippen molar-refractivity contribution >= 4 is 10.4 Å². The molecular formula is C10H22O6S. The minimum atomic E-state index is -4.67. The average molecular weight is 270 g/mol. The van der Waals surface area contributed by atoms with Gasteiger partial charge in [-0.2, -0.15) is 8.42 Å². The zero-order valence-electron chi connectivity index (χ0n) is 10.0. The largest absolute Gasteiger partial charge is 0.394 e. The van der Waals surface area contributed by atoms with Crippen LogP contribution in [0.3, 0.4) is 0 Å². The maximum Gasteiger partial charge on any atom is 0.394 e. The third-order valence-electron chi connectivity index (χ3n) is 2.15. The van der Waals surface area contributed by atoms with Crippen LogP contribution in [0.5, 0.6) is 0 Å². The molecule has 2 aliphatic rings. The van der Waals surface area contributed by atoms with Gasteiger partial charge in [-0.05, 0) is 38.5 Å². The Morgan fingerprint density at radius 3 is 0.941 bits per heavy atom. The van der Waals surface area contributed by atoms with Gasteiger partial charge in [0.1, 0.15) is 0 Å². The van der Waals surface area contributed by atoms with Crippen LogP contribution >= 0.6 is 0 Å². The fourth-order valence-corrected chi connectivity index (χ4v) is 1.37. The van der Waals surface area contributed by atoms with E-state index in [-0.39, 0.29) is 0 Å². The van der Waals surface area contributed by atoms with Crippen LogP contribution in [-0.4, -0.2) is 44.0 Å². The van der Waals surface area contributed by atoms with Crippen molar-refractivity contribution in [3.8, 4) is 0 Å². The smallest absolute Gasteiger partial charge is 0.381 e. The summed E-state index contributed by atoms with van der Waals surface area (Å²) in [6.45, 7) is 4.00. The van der Waals surface area contributed by atoms with Gasteiger partial charge >= 0.3 is 10.4 Å². The second-order valence-corrected chi connectivity index (χ2v) is 4.69. The fourth-order valence-electron chi connectivity index (χ4n) is 1.37. The van der Waals surface area contributed by atoms with E-state index < -0.39 is 10.4 Å². The van der Waals surface area contributed by atoms with Gasteiger partial charge in [0.2, 0.25) is 0 Å². The SMILES string of the molecule is C1CCOCC1.C1CCOCC1.O=S(=O)(O)O. The van der Waals surface area contributed by atoms with Gasteiger partial charge in [0.15, 0.2) is 0 Å². The topological polar surface area (TPSA) is 93.1 Å². The molecular weight excluding hydrogens is 248 g/mol. The van der Waals surface area contributed by atoms with E-state index in [2.05, 4.69) is 0 Å². The van der Waals surface area contributed by atoms with Crippen molar-refractivity contribution in [3.63, 3.8) is 0 Å². The minimum Gasteiger partial charge on any atom is -0.381 e. The van der Waals surface area contributed by atoms with Crippen LogP contribution in [0.15, 0.2) is 0 Å². The molecule has 0 radical (unpaired) electrons. The van der Waals surface area contributed by atoms with Gasteiger partial charge in [0, 0.05) is 26.4 Å². The van der Waals surface area contributed by atoms with Crippen molar-refractivity contribution in [2.24, 2.45) is 0 Å². The van der Waals surface area contributed by atoms with Crippen LogP contribution in [0, 0.1) is 0 Å². The zero-order chi connectivity index (χ0) is 13.0. The first-order valence-electron chi connectivity index (χ1n) is 5.85. The molecule has 17 heavy (non-hydrogen) atoms. The van der Waals surface area contributed by atoms with Gasteiger partial charge in [-0.3, -0.25) is 9.11 Å². The van der Waals surface area contributed by atoms with Crippen molar-refractivity contribution in [3.05, 3.63) is 0 Å². The van der Waals surface area contributed by atoms with Crippen molar-refractivity contribution < 1.29 is 27.0 Å². The Kier molecular flexibility index (Phi) is 10.8. The van der Waals surface area contributed by atoms with Crippen LogP contribution in [0.4, 0.5) is 0 Å². The van der Waals surface area contributed by atoms with Crippen molar-refractivity contribution in [1.82, 2.24) is 0 Å². The summed E-state index contributed by atoms with van der Waals surface area (Å²) in [5.74, 6) is 0. The Hall–Kier alpha value is -0.210. The normalized spacial score (nSPS) is 20.4. The van der Waals surface area contributed by atoms with E-state index in [1.165, 1.54) is 38.5 Å². The van der Waals surface area contributed by atoms with Crippen LogP contribution in [-0.2, 0) is 19.9 Å². The summed E-state index contributed by atoms with van der Waals surface area (Å²) in [6, 6.07) is 0. The number of rotatable bonds is 0. The van der Waals surface area contributed by atoms with Crippen LogP contribution in [0.2, 0.25) is 0 Å². The molecule has 0 bridgehead atoms. The first kappa shape index (κ1) is 16.8. The Balaban J connectivity index is 0.000000228. The lowest BCUT2D eigenvalue weighted by molar-refractivity contribution is 0.0967. The van der Waals surface area contributed by atoms with E-state index in [1.807, 2.05) is 0 Å². The molecule has 2 saturated heterocycles. The molecule has 0 aromatic rings. The molecule has 0 aliphatic carbocycles. The summed E-state index contributed by atoms with van der Waals surface area (Å²) in [5, 5.41) is 0. The van der Waals surface area contributed by atoms with Gasteiger partial charge in [-0.15, -0.1) is 0 Å². The molecule has 2 aliphatic heterocycles. The summed E-state index contributed by atoms with van der Waals surface area (Å²) >= 11 is 0. The molecule has 0 unspecified atom stereocenters. The van der Waals surface area contributed by atoms with Crippen LogP contribution in [0.1, 0.15) is 38.5 Å². The Labute approximate surface area is 103 Å². The van der Waals surface area contributed by atoms with Gasteiger partial charge in [-0.25, -0.2) is 0 Å². The first-order chi connectivity index (χ1) is 8.00. The summed E-state index contributed by atoms with van der Waals surface area (Å²) in [6.07, 6.45) is 7.86. The maximum atomic E-state index is 8.74. The van der Waals surface area contributed by atoms with Gasteiger partial charge in [0.25, 0.3) is 0 Å². The Morgan fingerprint density at radius 2 is 0.882 bits per heavy atom. The quantitative estimate of drug-likeness (QED) is 0.651. The van der Waals surface area contributed by atoms with Gasteiger partial charge in [-0.1, -0.05) is 0 Å². The Morgan fingerprint density at radius 1 is 0.647 bits per heavy atom. The molecule has 0 atom stereocenters. The lowest BCUT2D eigenvalue weighted by atomic mass is 10.2. The molecule has 0 saturated carbocycles. The first-order valence-corrected chi connectivity index (χ1v) is 7.25. The molecule has 0 aromatic carbocycles. The highest BCUT2D eigenvalue weighted by Crippen LogP contribution is 2.02. The molecule has 7 heteroatoms. The molecule has 0 aromatic heterocycles. The number of hydrogen-bond acceptors (Lipinski definition) is 4. The monoisotopic (exact) mass is 270 g/mol. The molecule has 6 nitrogen and oxygen atoms in total. The van der Waals surface area contributed by atoms with E-state index in [4.69, 9.17) is 27.0 Å². The van der Waals surface area contributed by atoms with Crippen LogP contribution < -0.4 is 0 Å². The lowest BCUT2D eigenvalue weighted by Gasteiger charge is -2.08. The van der Waals surface area contributed by atoms with Crippen LogP contribution in [0.25, 0.3) is 0 Å². The summed E-state index contributed by atoms with van der Waals surface area (Å²) in [7, 11) is -4.67. The van der Waals surface area contributed by atoms with E-state index in [1.54, 1.807) is 0 Å². The highest BCUT2D eigenvalue weighted by atomic mass is 32.3. The van der Waals surface area contributed by atoms with E-state index in [0.717, 1.165) is 26.4 Å². The molecule has 2 rings (SSSR count). The predicted octanol–water partition coefficient (Wildman–Crippen LogP) is 1.72. The maximum absolute atomic E-state index is 8.74. The second kappa shape index (κ2) is 10.9. The third kappa shape index (κ3) is 21.6. The van der Waals surface area contributed by atoms with Gasteiger partial charge in [0.05, 0.1) is 0 Å². The molecule has 2 heterocycles. The van der Waals surface area contributed by atoms with Gasteiger partial charge < -0.3 is 9.47 Å². The molecule has 0 amide bonds. The average Bonchev–Trinajstić information content (AvgIpc) is 2.32. The van der Waals surface area contributed by atoms with Crippen molar-refractivity contribution in [1.29, 1.82) is 0 Å². The summed E-state index contributed by atoms with van der Waals surface area (Å²) < 4.78 is 41.7. The third-order valence-corrected chi connectivity index (χ3v) is 2.15. The second-order valence-electron chi connectivity index (χ2n) is 3.79. The molecule has 2 N–H and O–H groups in total. The molecule has 104 valence electrons. The highest BCUT2D eigenvalue weighted by Gasteiger charge is 1.95. The molecule has 2 fully saturated rings. The van der Waals surface area contributed by atoms with E-state index in [9.17, 15) is 0 Å². The highest BCUT2D eigenvalue weighted by molar-refractivity contribution is 7.79. The molecule has 0 spiro atoms. The summed E-state index contributed by atoms with van der Waals surface area (Å²) in [5.41, 5.74) is 0. The lowest BCUT2D eigenvalue weighted by Crippen LogP contribution is -2.03.